The molecular formula is C18H23N3O5S2. The van der Waals surface area contributed by atoms with Crippen LogP contribution in [0.3, 0.4) is 0 Å². The lowest BCUT2D eigenvalue weighted by Crippen LogP contribution is -2.29. The van der Waals surface area contributed by atoms with Crippen molar-refractivity contribution in [3.8, 4) is 5.75 Å². The first-order chi connectivity index (χ1) is 13.1. The molecule has 10 heteroatoms. The first-order valence-corrected chi connectivity index (χ1v) is 10.7. The number of thiophene rings is 1. The van der Waals surface area contributed by atoms with E-state index < -0.39 is 16.1 Å². The van der Waals surface area contributed by atoms with E-state index in [-0.39, 0.29) is 28.8 Å². The van der Waals surface area contributed by atoms with Crippen molar-refractivity contribution in [2.24, 2.45) is 0 Å². The number of nitrogens with zero attached hydrogens (tertiary/aromatic N) is 1. The van der Waals surface area contributed by atoms with Gasteiger partial charge in [0.2, 0.25) is 21.8 Å². The Morgan fingerprint density at radius 2 is 1.96 bits per heavy atom. The number of carbonyl (C=O) groups is 2. The Morgan fingerprint density at radius 3 is 2.50 bits per heavy atom. The normalized spacial score (nSPS) is 12.5. The number of ether oxygens (including phenoxy) is 1. The average molecular weight is 426 g/mol. The predicted octanol–water partition coefficient (Wildman–Crippen LogP) is 2.21. The molecule has 2 N–H and O–H groups in total. The summed E-state index contributed by atoms with van der Waals surface area (Å²) in [5.74, 6) is -0.300. The van der Waals surface area contributed by atoms with E-state index in [0.717, 1.165) is 9.18 Å². The Bertz CT molecular complexity index is 940. The molecular weight excluding hydrogens is 402 g/mol. The number of hydrogen-bond donors (Lipinski definition) is 2. The Labute approximate surface area is 168 Å². The van der Waals surface area contributed by atoms with Gasteiger partial charge in [0, 0.05) is 25.9 Å². The van der Waals surface area contributed by atoms with Crippen molar-refractivity contribution >= 4 is 38.9 Å². The van der Waals surface area contributed by atoms with Gasteiger partial charge in [-0.3, -0.25) is 9.59 Å². The van der Waals surface area contributed by atoms with Crippen LogP contribution in [-0.2, 0) is 19.6 Å². The minimum Gasteiger partial charge on any atom is -0.495 e. The molecule has 2 aromatic rings. The van der Waals surface area contributed by atoms with Gasteiger partial charge in [0.1, 0.15) is 5.75 Å². The van der Waals surface area contributed by atoms with E-state index in [2.05, 4.69) is 10.6 Å². The van der Waals surface area contributed by atoms with Gasteiger partial charge in [0.15, 0.2) is 0 Å². The number of benzene rings is 1. The second-order valence-corrected chi connectivity index (χ2v) is 9.30. The van der Waals surface area contributed by atoms with E-state index in [1.54, 1.807) is 0 Å². The van der Waals surface area contributed by atoms with Gasteiger partial charge in [-0.2, -0.15) is 0 Å². The third-order valence-electron chi connectivity index (χ3n) is 3.88. The Hall–Kier alpha value is -2.43. The summed E-state index contributed by atoms with van der Waals surface area (Å²) in [6.45, 7) is 1.39. The van der Waals surface area contributed by atoms with Crippen molar-refractivity contribution in [1.29, 1.82) is 0 Å². The molecule has 0 fully saturated rings. The van der Waals surface area contributed by atoms with Crippen LogP contribution in [0, 0.1) is 0 Å². The number of hydrogen-bond acceptors (Lipinski definition) is 6. The van der Waals surface area contributed by atoms with Crippen LogP contribution in [0.5, 0.6) is 5.75 Å². The smallest absolute Gasteiger partial charge is 0.242 e. The van der Waals surface area contributed by atoms with Crippen molar-refractivity contribution in [2.75, 3.05) is 26.5 Å². The fourth-order valence-electron chi connectivity index (χ4n) is 2.50. The molecule has 0 aliphatic rings. The maximum Gasteiger partial charge on any atom is 0.242 e. The summed E-state index contributed by atoms with van der Waals surface area (Å²) in [5, 5.41) is 7.30. The van der Waals surface area contributed by atoms with Gasteiger partial charge in [-0.1, -0.05) is 6.07 Å². The zero-order valence-corrected chi connectivity index (χ0v) is 17.7. The van der Waals surface area contributed by atoms with E-state index >= 15 is 0 Å². The summed E-state index contributed by atoms with van der Waals surface area (Å²) in [4.78, 5) is 24.9. The SMILES string of the molecule is COc1ccc(S(=O)(=O)N(C)C)cc1NC(=O)CC(NC(C)=O)c1cccs1. The first-order valence-electron chi connectivity index (χ1n) is 8.36. The van der Waals surface area contributed by atoms with Crippen LogP contribution in [0.4, 0.5) is 5.69 Å². The molecule has 0 spiro atoms. The maximum atomic E-state index is 12.6. The van der Waals surface area contributed by atoms with Gasteiger partial charge in [-0.05, 0) is 29.6 Å². The molecule has 0 aliphatic carbocycles. The second-order valence-electron chi connectivity index (χ2n) is 6.17. The number of nitrogens with one attached hydrogen (secondary N) is 2. The van der Waals surface area contributed by atoms with Gasteiger partial charge in [0.05, 0.1) is 30.2 Å². The highest BCUT2D eigenvalue weighted by Gasteiger charge is 2.22. The number of rotatable bonds is 8. The molecule has 1 unspecified atom stereocenters. The van der Waals surface area contributed by atoms with Crippen LogP contribution in [0.2, 0.25) is 0 Å². The summed E-state index contributed by atoms with van der Waals surface area (Å²) in [5.41, 5.74) is 0.239. The van der Waals surface area contributed by atoms with Gasteiger partial charge in [-0.25, -0.2) is 12.7 Å². The molecule has 28 heavy (non-hydrogen) atoms. The average Bonchev–Trinajstić information content (AvgIpc) is 3.15. The first kappa shape index (κ1) is 21.9. The van der Waals surface area contributed by atoms with Gasteiger partial charge < -0.3 is 15.4 Å². The Balaban J connectivity index is 2.25. The molecule has 2 rings (SSSR count). The molecule has 2 amide bonds. The topological polar surface area (TPSA) is 105 Å². The third kappa shape index (κ3) is 5.31. The summed E-state index contributed by atoms with van der Waals surface area (Å²) in [7, 11) is 0.619. The number of carbonyl (C=O) groups excluding carboxylic acids is 2. The zero-order valence-electron chi connectivity index (χ0n) is 16.1. The van der Waals surface area contributed by atoms with Crippen molar-refractivity contribution in [2.45, 2.75) is 24.3 Å². The lowest BCUT2D eigenvalue weighted by atomic mass is 10.1. The minimum atomic E-state index is -3.66. The highest BCUT2D eigenvalue weighted by molar-refractivity contribution is 7.89. The quantitative estimate of drug-likeness (QED) is 0.675. The summed E-state index contributed by atoms with van der Waals surface area (Å²) in [6.07, 6.45) is -0.00605. The van der Waals surface area contributed by atoms with E-state index in [9.17, 15) is 18.0 Å². The molecule has 0 saturated carbocycles. The van der Waals surface area contributed by atoms with Crippen LogP contribution in [0.25, 0.3) is 0 Å². The summed E-state index contributed by atoms with van der Waals surface area (Å²) >= 11 is 1.43. The monoisotopic (exact) mass is 425 g/mol. The molecule has 0 bridgehead atoms. The predicted molar refractivity (Wildman–Crippen MR) is 108 cm³/mol. The van der Waals surface area contributed by atoms with Crippen LogP contribution in [0.1, 0.15) is 24.3 Å². The van der Waals surface area contributed by atoms with E-state index in [1.165, 1.54) is 57.7 Å². The molecule has 0 aliphatic heterocycles. The van der Waals surface area contributed by atoms with Gasteiger partial charge in [-0.15, -0.1) is 11.3 Å². The van der Waals surface area contributed by atoms with Crippen molar-refractivity contribution in [3.05, 3.63) is 40.6 Å². The number of sulfonamides is 1. The Morgan fingerprint density at radius 1 is 1.25 bits per heavy atom. The van der Waals surface area contributed by atoms with E-state index in [1.807, 2.05) is 17.5 Å². The number of anilines is 1. The molecule has 1 aromatic heterocycles. The maximum absolute atomic E-state index is 12.6. The molecule has 0 radical (unpaired) electrons. The lowest BCUT2D eigenvalue weighted by Gasteiger charge is -2.18. The van der Waals surface area contributed by atoms with Crippen LogP contribution in [-0.4, -0.2) is 45.7 Å². The zero-order chi connectivity index (χ0) is 20.9. The van der Waals surface area contributed by atoms with Crippen molar-refractivity contribution < 1.29 is 22.7 Å². The molecule has 1 atom stereocenters. The van der Waals surface area contributed by atoms with Crippen molar-refractivity contribution in [1.82, 2.24) is 9.62 Å². The summed E-state index contributed by atoms with van der Waals surface area (Å²) in [6, 6.07) is 7.45. The molecule has 0 saturated heterocycles. The van der Waals surface area contributed by atoms with Crippen LogP contribution in [0.15, 0.2) is 40.6 Å². The highest BCUT2D eigenvalue weighted by atomic mass is 32.2. The second kappa shape index (κ2) is 9.18. The highest BCUT2D eigenvalue weighted by Crippen LogP contribution is 2.29. The molecule has 152 valence electrons. The molecule has 8 nitrogen and oxygen atoms in total. The largest absolute Gasteiger partial charge is 0.495 e. The number of methoxy groups -OCH3 is 1. The summed E-state index contributed by atoms with van der Waals surface area (Å²) < 4.78 is 31.0. The fourth-order valence-corrected chi connectivity index (χ4v) is 4.21. The van der Waals surface area contributed by atoms with E-state index in [0.29, 0.717) is 5.75 Å². The minimum absolute atomic E-state index is 0.00605. The number of amides is 2. The Kier molecular flexibility index (Phi) is 7.17. The van der Waals surface area contributed by atoms with Crippen molar-refractivity contribution in [3.63, 3.8) is 0 Å². The van der Waals surface area contributed by atoms with Gasteiger partial charge in [0.25, 0.3) is 0 Å². The lowest BCUT2D eigenvalue weighted by molar-refractivity contribution is -0.120. The van der Waals surface area contributed by atoms with E-state index in [4.69, 9.17) is 4.74 Å². The van der Waals surface area contributed by atoms with Crippen LogP contribution < -0.4 is 15.4 Å². The van der Waals surface area contributed by atoms with Gasteiger partial charge >= 0.3 is 0 Å². The fraction of sp³-hybridized carbons (Fsp3) is 0.333. The molecule has 1 heterocycles. The standard InChI is InChI=1S/C18H23N3O5S2/c1-12(22)19-15(17-6-5-9-27-17)11-18(23)20-14-10-13(7-8-16(14)26-4)28(24,25)21(2)3/h5-10,15H,11H2,1-4H3,(H,19,22)(H,20,23). The van der Waals surface area contributed by atoms with Crippen LogP contribution >= 0.6 is 11.3 Å². The third-order valence-corrected chi connectivity index (χ3v) is 6.67. The molecule has 1 aromatic carbocycles.